The molecule has 0 spiro atoms. The van der Waals surface area contributed by atoms with Gasteiger partial charge >= 0.3 is 0 Å². The minimum atomic E-state index is 0.827. The first-order chi connectivity index (χ1) is 9.36. The van der Waals surface area contributed by atoms with Gasteiger partial charge in [-0.2, -0.15) is 0 Å². The first-order valence-electron chi connectivity index (χ1n) is 7.63. The number of benzene rings is 1. The largest absolute Gasteiger partial charge is 0.348 e. The Morgan fingerprint density at radius 3 is 2.53 bits per heavy atom. The van der Waals surface area contributed by atoms with E-state index in [0.717, 1.165) is 5.92 Å². The quantitative estimate of drug-likeness (QED) is 0.730. The number of aromatic nitrogens is 1. The smallest absolute Gasteiger partial charge is 0.0259 e. The van der Waals surface area contributed by atoms with Crippen LogP contribution in [0.1, 0.15) is 48.6 Å². The first kappa shape index (κ1) is 11.3. The molecule has 1 nitrogen and oxygen atoms in total. The Bertz CT molecular complexity index is 602. The Morgan fingerprint density at radius 2 is 1.84 bits per heavy atom. The van der Waals surface area contributed by atoms with Gasteiger partial charge in [0.25, 0.3) is 0 Å². The van der Waals surface area contributed by atoms with Gasteiger partial charge in [-0.05, 0) is 49.7 Å². The van der Waals surface area contributed by atoms with Crippen molar-refractivity contribution in [1.82, 2.24) is 4.57 Å². The summed E-state index contributed by atoms with van der Waals surface area (Å²) in [6, 6.07) is 11.0. The number of fused-ring (bicyclic) bond motifs is 1. The highest BCUT2D eigenvalue weighted by Gasteiger charge is 2.31. The van der Waals surface area contributed by atoms with Gasteiger partial charge in [-0.3, -0.25) is 0 Å². The van der Waals surface area contributed by atoms with Crippen LogP contribution in [-0.4, -0.2) is 4.57 Å². The molecular weight excluding hydrogens is 230 g/mol. The van der Waals surface area contributed by atoms with Gasteiger partial charge in [0.1, 0.15) is 0 Å². The number of hydrogen-bond acceptors (Lipinski definition) is 0. The van der Waals surface area contributed by atoms with Crippen molar-refractivity contribution in [2.75, 3.05) is 0 Å². The van der Waals surface area contributed by atoms with Crippen LogP contribution in [0.25, 0.3) is 11.1 Å². The fraction of sp³-hybridized carbons (Fsp3) is 0.444. The van der Waals surface area contributed by atoms with E-state index in [-0.39, 0.29) is 0 Å². The lowest BCUT2D eigenvalue weighted by Gasteiger charge is -2.27. The van der Waals surface area contributed by atoms with Crippen molar-refractivity contribution >= 4 is 0 Å². The lowest BCUT2D eigenvalue weighted by molar-refractivity contribution is 0.418. The Morgan fingerprint density at radius 1 is 1.05 bits per heavy atom. The second-order valence-electron chi connectivity index (χ2n) is 6.07. The number of nitrogens with zero attached hydrogens (tertiary/aromatic N) is 1. The van der Waals surface area contributed by atoms with Crippen molar-refractivity contribution in [2.45, 2.75) is 51.5 Å². The van der Waals surface area contributed by atoms with Gasteiger partial charge in [-0.1, -0.05) is 36.8 Å². The molecule has 1 aromatic carbocycles. The minimum Gasteiger partial charge on any atom is -0.348 e. The molecule has 1 saturated carbocycles. The Labute approximate surface area is 115 Å². The molecule has 4 rings (SSSR count). The fourth-order valence-electron chi connectivity index (χ4n) is 3.91. The summed E-state index contributed by atoms with van der Waals surface area (Å²) in [6.45, 7) is 3.57. The van der Waals surface area contributed by atoms with Crippen molar-refractivity contribution in [1.29, 1.82) is 0 Å². The molecule has 1 aliphatic carbocycles. The van der Waals surface area contributed by atoms with Gasteiger partial charge in [0, 0.05) is 23.5 Å². The molecule has 0 atom stereocenters. The molecule has 0 radical (unpaired) electrons. The standard InChI is InChI=1S/C18H21N/c1-13-17(14-9-5-10-14)18(15-7-3-2-4-8-15)16-11-6-12-19(13)16/h2-4,7-8,14H,5-6,9-12H2,1H3. The van der Waals surface area contributed by atoms with Crippen LogP contribution >= 0.6 is 0 Å². The van der Waals surface area contributed by atoms with Gasteiger partial charge in [0.2, 0.25) is 0 Å². The summed E-state index contributed by atoms with van der Waals surface area (Å²) >= 11 is 0. The van der Waals surface area contributed by atoms with Crippen molar-refractivity contribution in [3.63, 3.8) is 0 Å². The summed E-state index contributed by atoms with van der Waals surface area (Å²) in [5.41, 5.74) is 7.84. The van der Waals surface area contributed by atoms with E-state index in [9.17, 15) is 0 Å². The van der Waals surface area contributed by atoms with E-state index < -0.39 is 0 Å². The maximum Gasteiger partial charge on any atom is 0.0259 e. The molecule has 1 aromatic heterocycles. The van der Waals surface area contributed by atoms with E-state index in [1.54, 1.807) is 22.5 Å². The van der Waals surface area contributed by atoms with Crippen molar-refractivity contribution in [2.24, 2.45) is 0 Å². The van der Waals surface area contributed by atoms with Crippen molar-refractivity contribution in [3.8, 4) is 11.1 Å². The summed E-state index contributed by atoms with van der Waals surface area (Å²) in [7, 11) is 0. The third-order valence-electron chi connectivity index (χ3n) is 5.05. The van der Waals surface area contributed by atoms with Crippen LogP contribution in [0.2, 0.25) is 0 Å². The maximum absolute atomic E-state index is 2.59. The summed E-state index contributed by atoms with van der Waals surface area (Å²) in [5, 5.41) is 0. The van der Waals surface area contributed by atoms with E-state index in [1.807, 2.05) is 0 Å². The average Bonchev–Trinajstić information content (AvgIpc) is 2.93. The van der Waals surface area contributed by atoms with Gasteiger partial charge in [0.05, 0.1) is 0 Å². The zero-order chi connectivity index (χ0) is 12.8. The molecular formula is C18H21N. The van der Waals surface area contributed by atoms with Crippen LogP contribution in [0.5, 0.6) is 0 Å². The van der Waals surface area contributed by atoms with Gasteiger partial charge in [-0.15, -0.1) is 0 Å². The normalized spacial score (nSPS) is 18.4. The lowest BCUT2D eigenvalue weighted by atomic mass is 9.77. The van der Waals surface area contributed by atoms with Crippen LogP contribution in [0.15, 0.2) is 30.3 Å². The highest BCUT2D eigenvalue weighted by Crippen LogP contribution is 2.46. The predicted octanol–water partition coefficient (Wildman–Crippen LogP) is 4.68. The number of rotatable bonds is 2. The topological polar surface area (TPSA) is 4.93 Å². The molecule has 2 aromatic rings. The molecule has 19 heavy (non-hydrogen) atoms. The minimum absolute atomic E-state index is 0.827. The molecule has 1 aliphatic heterocycles. The Kier molecular flexibility index (Phi) is 2.54. The van der Waals surface area contributed by atoms with Crippen LogP contribution in [0.3, 0.4) is 0 Å². The van der Waals surface area contributed by atoms with Crippen molar-refractivity contribution < 1.29 is 0 Å². The highest BCUT2D eigenvalue weighted by molar-refractivity contribution is 5.73. The monoisotopic (exact) mass is 251 g/mol. The second kappa shape index (κ2) is 4.26. The van der Waals surface area contributed by atoms with Crippen molar-refractivity contribution in [3.05, 3.63) is 47.3 Å². The van der Waals surface area contributed by atoms with Crippen LogP contribution < -0.4 is 0 Å². The Hall–Kier alpha value is -1.50. The molecule has 1 heteroatoms. The molecule has 98 valence electrons. The van der Waals surface area contributed by atoms with Crippen LogP contribution in [0.4, 0.5) is 0 Å². The molecule has 0 N–H and O–H groups in total. The summed E-state index contributed by atoms with van der Waals surface area (Å²) in [5.74, 6) is 0.827. The van der Waals surface area contributed by atoms with E-state index in [1.165, 1.54) is 44.2 Å². The SMILES string of the molecule is Cc1c(C2CCC2)c(-c2ccccc2)c2n1CCC2. The second-order valence-corrected chi connectivity index (χ2v) is 6.07. The van der Waals surface area contributed by atoms with E-state index in [4.69, 9.17) is 0 Å². The Balaban J connectivity index is 1.95. The molecule has 0 saturated heterocycles. The number of hydrogen-bond donors (Lipinski definition) is 0. The zero-order valence-electron chi connectivity index (χ0n) is 11.7. The molecule has 2 heterocycles. The third kappa shape index (κ3) is 1.60. The molecule has 0 amide bonds. The molecule has 0 bridgehead atoms. The van der Waals surface area contributed by atoms with Gasteiger partial charge in [0.15, 0.2) is 0 Å². The fourth-order valence-corrected chi connectivity index (χ4v) is 3.91. The molecule has 0 unspecified atom stereocenters. The molecule has 1 fully saturated rings. The predicted molar refractivity (Wildman–Crippen MR) is 79.5 cm³/mol. The lowest BCUT2D eigenvalue weighted by Crippen LogP contribution is -2.11. The van der Waals surface area contributed by atoms with E-state index >= 15 is 0 Å². The third-order valence-corrected chi connectivity index (χ3v) is 5.05. The summed E-state index contributed by atoms with van der Waals surface area (Å²) in [4.78, 5) is 0. The van der Waals surface area contributed by atoms with Gasteiger partial charge in [-0.25, -0.2) is 0 Å². The first-order valence-corrected chi connectivity index (χ1v) is 7.63. The maximum atomic E-state index is 2.59. The van der Waals surface area contributed by atoms with Crippen LogP contribution in [0, 0.1) is 6.92 Å². The molecule has 2 aliphatic rings. The highest BCUT2D eigenvalue weighted by atomic mass is 15.0. The average molecular weight is 251 g/mol. The van der Waals surface area contributed by atoms with Crippen LogP contribution in [-0.2, 0) is 13.0 Å². The van der Waals surface area contributed by atoms with E-state index in [2.05, 4.69) is 41.8 Å². The van der Waals surface area contributed by atoms with Gasteiger partial charge < -0.3 is 4.57 Å². The summed E-state index contributed by atoms with van der Waals surface area (Å²) < 4.78 is 2.59. The zero-order valence-corrected chi connectivity index (χ0v) is 11.7. The summed E-state index contributed by atoms with van der Waals surface area (Å²) in [6.07, 6.45) is 6.78. The van der Waals surface area contributed by atoms with E-state index in [0.29, 0.717) is 0 Å².